The van der Waals surface area contributed by atoms with Gasteiger partial charge in [0.2, 0.25) is 0 Å². The Hall–Kier alpha value is -3.67. The Bertz CT molecular complexity index is 1420. The summed E-state index contributed by atoms with van der Waals surface area (Å²) in [7, 11) is 0. The quantitative estimate of drug-likeness (QED) is 0.282. The third-order valence-electron chi connectivity index (χ3n) is 7.48. The average molecular weight is 509 g/mol. The molecule has 0 unspecified atom stereocenters. The van der Waals surface area contributed by atoms with E-state index in [-0.39, 0.29) is 0 Å². The highest BCUT2D eigenvalue weighted by Crippen LogP contribution is 2.44. The molecule has 2 aliphatic rings. The average Bonchev–Trinajstić information content (AvgIpc) is 3.57. The third-order valence-corrected chi connectivity index (χ3v) is 7.48. The number of hydrogen-bond donors (Lipinski definition) is 2. The molecule has 2 aliphatic carbocycles. The summed E-state index contributed by atoms with van der Waals surface area (Å²) < 4.78 is 1.95. The number of nitrogens with zero attached hydrogens (tertiary/aromatic N) is 4. The lowest BCUT2D eigenvalue weighted by molar-refractivity contribution is 0.106. The van der Waals surface area contributed by atoms with Crippen molar-refractivity contribution < 1.29 is 0 Å². The van der Waals surface area contributed by atoms with Gasteiger partial charge in [-0.15, -0.1) is 0 Å². The molecule has 6 nitrogen and oxygen atoms in total. The van der Waals surface area contributed by atoms with Crippen LogP contribution >= 0.6 is 0 Å². The van der Waals surface area contributed by atoms with Crippen molar-refractivity contribution in [2.45, 2.75) is 66.3 Å². The number of hydrogen-bond acceptors (Lipinski definition) is 5. The first-order valence-electron chi connectivity index (χ1n) is 13.7. The minimum Gasteiger partial charge on any atom is -0.382 e. The number of aromatic nitrogens is 4. The van der Waals surface area contributed by atoms with E-state index >= 15 is 0 Å². The Morgan fingerprint density at radius 3 is 2.47 bits per heavy atom. The van der Waals surface area contributed by atoms with Crippen LogP contribution in [0, 0.1) is 32.1 Å². The van der Waals surface area contributed by atoms with Gasteiger partial charge in [-0.05, 0) is 86.1 Å². The van der Waals surface area contributed by atoms with Crippen molar-refractivity contribution in [3.05, 3.63) is 84.0 Å². The van der Waals surface area contributed by atoms with Gasteiger partial charge in [0, 0.05) is 48.0 Å². The van der Waals surface area contributed by atoms with E-state index in [0.717, 1.165) is 46.4 Å². The van der Waals surface area contributed by atoms with Gasteiger partial charge in [-0.1, -0.05) is 44.7 Å². The first-order chi connectivity index (χ1) is 18.2. The molecule has 0 spiro atoms. The van der Waals surface area contributed by atoms with Gasteiger partial charge in [0.05, 0.1) is 6.20 Å². The molecule has 4 aromatic rings. The second-order valence-electron chi connectivity index (χ2n) is 11.9. The molecule has 6 rings (SSSR count). The summed E-state index contributed by atoms with van der Waals surface area (Å²) in [6.45, 7) is 16.1. The Labute approximate surface area is 226 Å². The minimum absolute atomic E-state index is 0.498. The number of benzene rings is 1. The monoisotopic (exact) mass is 508 g/mol. The second kappa shape index (κ2) is 10.6. The maximum Gasteiger partial charge on any atom is 0.165 e. The van der Waals surface area contributed by atoms with Crippen molar-refractivity contribution in [2.24, 2.45) is 11.3 Å². The molecule has 3 aromatic heterocycles. The highest BCUT2D eigenvalue weighted by Gasteiger charge is 2.35. The van der Waals surface area contributed by atoms with E-state index in [9.17, 15) is 0 Å². The van der Waals surface area contributed by atoms with Crippen molar-refractivity contribution in [1.29, 1.82) is 0 Å². The molecule has 2 N–H and O–H groups in total. The Kier molecular flexibility index (Phi) is 7.24. The first-order valence-corrected chi connectivity index (χ1v) is 13.7. The van der Waals surface area contributed by atoms with Crippen LogP contribution in [0.25, 0.3) is 22.5 Å². The first kappa shape index (κ1) is 26.0. The zero-order valence-corrected chi connectivity index (χ0v) is 23.4. The van der Waals surface area contributed by atoms with Crippen LogP contribution in [0.1, 0.15) is 61.9 Å². The summed E-state index contributed by atoms with van der Waals surface area (Å²) in [4.78, 5) is 8.71. The molecule has 198 valence electrons. The van der Waals surface area contributed by atoms with Crippen molar-refractivity contribution in [3.63, 3.8) is 0 Å². The van der Waals surface area contributed by atoms with E-state index in [1.807, 2.05) is 36.0 Å². The molecule has 38 heavy (non-hydrogen) atoms. The van der Waals surface area contributed by atoms with Crippen LogP contribution in [-0.4, -0.2) is 32.2 Å². The molecule has 2 fully saturated rings. The van der Waals surface area contributed by atoms with Gasteiger partial charge >= 0.3 is 0 Å². The topological polar surface area (TPSA) is 67.1 Å². The highest BCUT2D eigenvalue weighted by molar-refractivity contribution is 5.80. The fraction of sp³-hybridized carbons (Fsp3) is 0.406. The molecule has 0 saturated heterocycles. The Morgan fingerprint density at radius 1 is 1.08 bits per heavy atom. The van der Waals surface area contributed by atoms with Gasteiger partial charge in [0.15, 0.2) is 5.65 Å². The lowest BCUT2D eigenvalue weighted by Gasteiger charge is -2.42. The van der Waals surface area contributed by atoms with E-state index < -0.39 is 0 Å². The van der Waals surface area contributed by atoms with Crippen LogP contribution in [0.3, 0.4) is 0 Å². The third kappa shape index (κ3) is 6.07. The normalized spacial score (nSPS) is 16.3. The van der Waals surface area contributed by atoms with Gasteiger partial charge in [0.25, 0.3) is 0 Å². The molecular weight excluding hydrogens is 468 g/mol. The van der Waals surface area contributed by atoms with Crippen molar-refractivity contribution in [3.8, 4) is 11.1 Å². The summed E-state index contributed by atoms with van der Waals surface area (Å²) in [5, 5.41) is 11.8. The van der Waals surface area contributed by atoms with E-state index in [1.54, 1.807) is 6.20 Å². The lowest BCUT2D eigenvalue weighted by atomic mass is 9.64. The largest absolute Gasteiger partial charge is 0.382 e. The number of rotatable bonds is 7. The predicted molar refractivity (Wildman–Crippen MR) is 157 cm³/mol. The molecule has 3 heterocycles. The zero-order valence-electron chi connectivity index (χ0n) is 23.4. The van der Waals surface area contributed by atoms with Crippen molar-refractivity contribution in [2.75, 3.05) is 11.9 Å². The van der Waals surface area contributed by atoms with Gasteiger partial charge in [0.1, 0.15) is 5.82 Å². The van der Waals surface area contributed by atoms with Crippen LogP contribution < -0.4 is 10.6 Å². The number of pyridine rings is 1. The molecule has 0 amide bonds. The van der Waals surface area contributed by atoms with E-state index in [4.69, 9.17) is 4.98 Å². The molecule has 2 saturated carbocycles. The van der Waals surface area contributed by atoms with E-state index in [2.05, 4.69) is 79.3 Å². The molecule has 0 bridgehead atoms. The SMILES string of the molecule is C=C(NC1CC1)c1ccc(-c2cnn3c(NCC4CC(C)(C)C4)cc(C)nc23)cc1C.Cc1cccnc1. The Balaban J connectivity index is 0.000000366. The Morgan fingerprint density at radius 2 is 1.87 bits per heavy atom. The van der Waals surface area contributed by atoms with Crippen LogP contribution in [0.4, 0.5) is 5.82 Å². The molecule has 1 aromatic carbocycles. The van der Waals surface area contributed by atoms with Crippen molar-refractivity contribution in [1.82, 2.24) is 24.9 Å². The summed E-state index contributed by atoms with van der Waals surface area (Å²) >= 11 is 0. The maximum atomic E-state index is 4.82. The van der Waals surface area contributed by atoms with Crippen LogP contribution in [0.5, 0.6) is 0 Å². The number of aryl methyl sites for hydroxylation is 3. The zero-order chi connectivity index (χ0) is 26.9. The highest BCUT2D eigenvalue weighted by atomic mass is 15.3. The number of nitrogens with one attached hydrogen (secondary N) is 2. The van der Waals surface area contributed by atoms with Gasteiger partial charge < -0.3 is 10.6 Å². The van der Waals surface area contributed by atoms with Crippen LogP contribution in [-0.2, 0) is 0 Å². The van der Waals surface area contributed by atoms with Crippen molar-refractivity contribution >= 4 is 17.2 Å². The van der Waals surface area contributed by atoms with E-state index in [0.29, 0.717) is 11.5 Å². The molecule has 6 heteroatoms. The predicted octanol–water partition coefficient (Wildman–Crippen LogP) is 6.97. The minimum atomic E-state index is 0.498. The van der Waals surface area contributed by atoms with E-state index in [1.165, 1.54) is 42.4 Å². The summed E-state index contributed by atoms with van der Waals surface area (Å²) in [5.74, 6) is 1.76. The molecule has 0 radical (unpaired) electrons. The fourth-order valence-electron chi connectivity index (χ4n) is 5.48. The summed E-state index contributed by atoms with van der Waals surface area (Å²) in [6.07, 6.45) is 10.6. The van der Waals surface area contributed by atoms with Gasteiger partial charge in [-0.2, -0.15) is 9.61 Å². The summed E-state index contributed by atoms with van der Waals surface area (Å²) in [5.41, 5.74) is 9.23. The number of fused-ring (bicyclic) bond motifs is 1. The van der Waals surface area contributed by atoms with Gasteiger partial charge in [-0.3, -0.25) is 4.98 Å². The summed E-state index contributed by atoms with van der Waals surface area (Å²) in [6, 6.07) is 13.2. The van der Waals surface area contributed by atoms with Gasteiger partial charge in [-0.25, -0.2) is 4.98 Å². The smallest absolute Gasteiger partial charge is 0.165 e. The molecular formula is C32H40N6. The fourth-order valence-corrected chi connectivity index (χ4v) is 5.48. The maximum absolute atomic E-state index is 4.82. The molecule has 0 atom stereocenters. The number of anilines is 1. The standard InChI is InChI=1S/C26H33N5.C6H7N/c1-16-10-20(6-9-22(16)18(3)30-21-7-8-21)23-15-28-31-24(11-17(2)29-25(23)31)27-14-19-12-26(4,5)13-19;1-6-3-2-4-7-5-6/h6,9-11,15,19,21,27,30H,3,7-8,12-14H2,1-2,4-5H3;2-5H,1H3. The van der Waals surface area contributed by atoms with Crippen LogP contribution in [0.15, 0.2) is 61.6 Å². The lowest BCUT2D eigenvalue weighted by Crippen LogP contribution is -2.36. The van der Waals surface area contributed by atoms with Crippen LogP contribution in [0.2, 0.25) is 0 Å². The molecule has 0 aliphatic heterocycles. The second-order valence-corrected chi connectivity index (χ2v) is 11.9.